The Morgan fingerprint density at radius 1 is 1.50 bits per heavy atom. The van der Waals surface area contributed by atoms with Gasteiger partial charge in [-0.2, -0.15) is 0 Å². The maximum absolute atomic E-state index is 10.9. The summed E-state index contributed by atoms with van der Waals surface area (Å²) in [6.45, 7) is 2.09. The number of nitrogens with two attached hydrogens (primary N) is 1. The molecule has 0 heterocycles. The van der Waals surface area contributed by atoms with Gasteiger partial charge in [-0.25, -0.2) is 0 Å². The molecule has 0 saturated carbocycles. The normalized spacial score (nSPS) is 10.6. The van der Waals surface area contributed by atoms with Crippen LogP contribution in [0, 0.1) is 0 Å². The first-order chi connectivity index (χ1) is 7.67. The lowest BCUT2D eigenvalue weighted by atomic mass is 10.1. The zero-order chi connectivity index (χ0) is 12.0. The van der Waals surface area contributed by atoms with Crippen LogP contribution in [0.4, 0.5) is 5.69 Å². The number of aryl methyl sites for hydroxylation is 1. The zero-order valence-corrected chi connectivity index (χ0v) is 9.69. The highest BCUT2D eigenvalue weighted by Crippen LogP contribution is 2.16. The van der Waals surface area contributed by atoms with E-state index in [1.54, 1.807) is 6.08 Å². The number of rotatable bonds is 4. The quantitative estimate of drug-likeness (QED) is 0.625. The van der Waals surface area contributed by atoms with Crippen LogP contribution in [0.25, 0.3) is 6.08 Å². The van der Waals surface area contributed by atoms with Crippen molar-refractivity contribution in [3.05, 3.63) is 35.4 Å². The Bertz CT molecular complexity index is 397. The number of carbonyl (C=O) groups is 1. The lowest BCUT2D eigenvalue weighted by molar-refractivity contribution is -0.139. The van der Waals surface area contributed by atoms with E-state index in [1.807, 2.05) is 24.3 Å². The van der Waals surface area contributed by atoms with Gasteiger partial charge in [0.2, 0.25) is 0 Å². The van der Waals surface area contributed by atoms with Gasteiger partial charge in [-0.05, 0) is 29.7 Å². The van der Waals surface area contributed by atoms with Crippen molar-refractivity contribution in [3.63, 3.8) is 0 Å². The van der Waals surface area contributed by atoms with Crippen LogP contribution in [-0.2, 0) is 16.0 Å². The molecule has 2 N–H and O–H groups in total. The van der Waals surface area contributed by atoms with Gasteiger partial charge >= 0.3 is 5.97 Å². The van der Waals surface area contributed by atoms with Crippen LogP contribution in [0.3, 0.4) is 0 Å². The van der Waals surface area contributed by atoms with E-state index in [4.69, 9.17) is 5.73 Å². The smallest absolute Gasteiger partial charge is 0.309 e. The summed E-state index contributed by atoms with van der Waals surface area (Å²) in [5.74, 6) is -0.249. The number of benzene rings is 1. The predicted octanol–water partition coefficient (Wildman–Crippen LogP) is 2.41. The molecule has 0 aliphatic carbocycles. The fraction of sp³-hybridized carbons (Fsp3) is 0.308. The Labute approximate surface area is 95.9 Å². The molecule has 1 rings (SSSR count). The van der Waals surface area contributed by atoms with E-state index in [2.05, 4.69) is 11.7 Å². The molecule has 0 radical (unpaired) electrons. The minimum Gasteiger partial charge on any atom is -0.469 e. The van der Waals surface area contributed by atoms with Gasteiger partial charge in [-0.3, -0.25) is 4.79 Å². The van der Waals surface area contributed by atoms with E-state index >= 15 is 0 Å². The van der Waals surface area contributed by atoms with Gasteiger partial charge in [-0.15, -0.1) is 0 Å². The zero-order valence-electron chi connectivity index (χ0n) is 9.69. The second-order valence-electron chi connectivity index (χ2n) is 3.50. The summed E-state index contributed by atoms with van der Waals surface area (Å²) >= 11 is 0. The third-order valence-electron chi connectivity index (χ3n) is 2.37. The molecule has 0 atom stereocenters. The SMILES string of the molecule is CCc1ccc(N)c(C=CCC(=O)OC)c1. The first-order valence-electron chi connectivity index (χ1n) is 5.29. The van der Waals surface area contributed by atoms with Crippen molar-refractivity contribution < 1.29 is 9.53 Å². The predicted molar refractivity (Wildman–Crippen MR) is 65.9 cm³/mol. The highest BCUT2D eigenvalue weighted by atomic mass is 16.5. The molecule has 0 unspecified atom stereocenters. The molecule has 1 aromatic carbocycles. The van der Waals surface area contributed by atoms with Crippen molar-refractivity contribution in [2.75, 3.05) is 12.8 Å². The molecule has 0 spiro atoms. The Morgan fingerprint density at radius 2 is 2.25 bits per heavy atom. The van der Waals surface area contributed by atoms with Gasteiger partial charge in [0, 0.05) is 5.69 Å². The van der Waals surface area contributed by atoms with Crippen LogP contribution in [0.15, 0.2) is 24.3 Å². The van der Waals surface area contributed by atoms with Crippen LogP contribution < -0.4 is 5.73 Å². The number of hydrogen-bond acceptors (Lipinski definition) is 3. The maximum Gasteiger partial charge on any atom is 0.309 e. The average molecular weight is 219 g/mol. The van der Waals surface area contributed by atoms with Gasteiger partial charge in [0.15, 0.2) is 0 Å². The van der Waals surface area contributed by atoms with Gasteiger partial charge < -0.3 is 10.5 Å². The van der Waals surface area contributed by atoms with E-state index < -0.39 is 0 Å². The summed E-state index contributed by atoms with van der Waals surface area (Å²) in [7, 11) is 1.38. The standard InChI is InChI=1S/C13H17NO2/c1-3-10-7-8-12(14)11(9-10)5-4-6-13(15)16-2/h4-5,7-9H,3,6,14H2,1-2H3. The molecule has 0 amide bonds. The average Bonchev–Trinajstić information content (AvgIpc) is 2.31. The first kappa shape index (κ1) is 12.3. The molecular weight excluding hydrogens is 202 g/mol. The summed E-state index contributed by atoms with van der Waals surface area (Å²) in [5, 5.41) is 0. The molecule has 0 bridgehead atoms. The fourth-order valence-electron chi connectivity index (χ4n) is 1.35. The Morgan fingerprint density at radius 3 is 2.88 bits per heavy atom. The molecule has 1 aromatic rings. The Balaban J connectivity index is 2.75. The molecule has 0 fully saturated rings. The van der Waals surface area contributed by atoms with Crippen LogP contribution in [0.2, 0.25) is 0 Å². The number of carbonyl (C=O) groups excluding carboxylic acids is 1. The minimum atomic E-state index is -0.249. The van der Waals surface area contributed by atoms with Crippen LogP contribution in [-0.4, -0.2) is 13.1 Å². The van der Waals surface area contributed by atoms with Crippen molar-refractivity contribution in [1.82, 2.24) is 0 Å². The van der Waals surface area contributed by atoms with E-state index in [0.717, 1.165) is 17.7 Å². The van der Waals surface area contributed by atoms with Crippen molar-refractivity contribution in [2.24, 2.45) is 0 Å². The third-order valence-corrected chi connectivity index (χ3v) is 2.37. The second kappa shape index (κ2) is 5.95. The summed E-state index contributed by atoms with van der Waals surface area (Å²) < 4.78 is 4.54. The minimum absolute atomic E-state index is 0.249. The van der Waals surface area contributed by atoms with Crippen LogP contribution >= 0.6 is 0 Å². The molecule has 16 heavy (non-hydrogen) atoms. The summed E-state index contributed by atoms with van der Waals surface area (Å²) in [5.41, 5.74) is 8.72. The lowest BCUT2D eigenvalue weighted by Gasteiger charge is -2.03. The van der Waals surface area contributed by atoms with E-state index in [1.165, 1.54) is 12.7 Å². The van der Waals surface area contributed by atoms with Crippen LogP contribution in [0.1, 0.15) is 24.5 Å². The topological polar surface area (TPSA) is 52.3 Å². The summed E-state index contributed by atoms with van der Waals surface area (Å²) in [4.78, 5) is 10.9. The van der Waals surface area contributed by atoms with Gasteiger partial charge in [-0.1, -0.05) is 25.1 Å². The number of esters is 1. The Hall–Kier alpha value is -1.77. The van der Waals surface area contributed by atoms with E-state index in [9.17, 15) is 4.79 Å². The third kappa shape index (κ3) is 3.42. The maximum atomic E-state index is 10.9. The lowest BCUT2D eigenvalue weighted by Crippen LogP contribution is -1.97. The fourth-order valence-corrected chi connectivity index (χ4v) is 1.35. The second-order valence-corrected chi connectivity index (χ2v) is 3.50. The van der Waals surface area contributed by atoms with Crippen molar-refractivity contribution >= 4 is 17.7 Å². The van der Waals surface area contributed by atoms with E-state index in [-0.39, 0.29) is 12.4 Å². The molecule has 0 aliphatic heterocycles. The molecule has 3 heteroatoms. The van der Waals surface area contributed by atoms with Crippen molar-refractivity contribution in [1.29, 1.82) is 0 Å². The molecule has 0 saturated heterocycles. The first-order valence-corrected chi connectivity index (χ1v) is 5.29. The summed E-state index contributed by atoms with van der Waals surface area (Å²) in [6.07, 6.45) is 4.85. The molecule has 0 aromatic heterocycles. The van der Waals surface area contributed by atoms with Crippen molar-refractivity contribution in [2.45, 2.75) is 19.8 Å². The van der Waals surface area contributed by atoms with Gasteiger partial charge in [0.1, 0.15) is 0 Å². The molecular formula is C13H17NO2. The van der Waals surface area contributed by atoms with E-state index in [0.29, 0.717) is 0 Å². The highest BCUT2D eigenvalue weighted by Gasteiger charge is 1.98. The number of anilines is 1. The molecule has 3 nitrogen and oxygen atoms in total. The monoisotopic (exact) mass is 219 g/mol. The number of nitrogen functional groups attached to an aromatic ring is 1. The highest BCUT2D eigenvalue weighted by molar-refractivity contribution is 5.74. The molecule has 0 aliphatic rings. The Kier molecular flexibility index (Phi) is 4.58. The molecule has 86 valence electrons. The van der Waals surface area contributed by atoms with Crippen LogP contribution in [0.5, 0.6) is 0 Å². The van der Waals surface area contributed by atoms with Crippen molar-refractivity contribution in [3.8, 4) is 0 Å². The number of hydrogen-bond donors (Lipinski definition) is 1. The van der Waals surface area contributed by atoms with Gasteiger partial charge in [0.25, 0.3) is 0 Å². The number of methoxy groups -OCH3 is 1. The summed E-state index contributed by atoms with van der Waals surface area (Å²) in [6, 6.07) is 5.92. The van der Waals surface area contributed by atoms with Gasteiger partial charge in [0.05, 0.1) is 13.5 Å². The largest absolute Gasteiger partial charge is 0.469 e. The number of ether oxygens (including phenoxy) is 1.